The number of nitriles is 1. The fourth-order valence-electron chi connectivity index (χ4n) is 3.11. The quantitative estimate of drug-likeness (QED) is 0.416. The predicted molar refractivity (Wildman–Crippen MR) is 119 cm³/mol. The summed E-state index contributed by atoms with van der Waals surface area (Å²) in [4.78, 5) is 13.0. The third kappa shape index (κ3) is 5.36. The number of rotatable bonds is 8. The molecule has 0 heterocycles. The SMILES string of the molecule is CCCOc1ccccc1/C=C(\C#N)C(=O)NC(c1ccccc1)c1ccccc1. The fraction of sp³-hybridized carbons (Fsp3) is 0.154. The van der Waals surface area contributed by atoms with Gasteiger partial charge in [0.25, 0.3) is 5.91 Å². The second-order valence-electron chi connectivity index (χ2n) is 6.78. The van der Waals surface area contributed by atoms with E-state index in [1.807, 2.05) is 97.9 Å². The Morgan fingerprint density at radius 2 is 1.53 bits per heavy atom. The van der Waals surface area contributed by atoms with Crippen LogP contribution >= 0.6 is 0 Å². The van der Waals surface area contributed by atoms with E-state index in [0.29, 0.717) is 17.9 Å². The Hall–Kier alpha value is -3.84. The minimum absolute atomic E-state index is 0.0272. The summed E-state index contributed by atoms with van der Waals surface area (Å²) in [6.07, 6.45) is 2.45. The normalized spacial score (nSPS) is 11.0. The zero-order chi connectivity index (χ0) is 21.2. The Kier molecular flexibility index (Phi) is 7.40. The highest BCUT2D eigenvalue weighted by molar-refractivity contribution is 6.02. The van der Waals surface area contributed by atoms with E-state index in [0.717, 1.165) is 17.5 Å². The van der Waals surface area contributed by atoms with E-state index < -0.39 is 5.91 Å². The van der Waals surface area contributed by atoms with Crippen LogP contribution in [-0.4, -0.2) is 12.5 Å². The third-order valence-corrected chi connectivity index (χ3v) is 4.59. The maximum absolute atomic E-state index is 13.0. The maximum Gasteiger partial charge on any atom is 0.262 e. The van der Waals surface area contributed by atoms with Gasteiger partial charge in [0.2, 0.25) is 0 Å². The first-order valence-electron chi connectivity index (χ1n) is 9.97. The van der Waals surface area contributed by atoms with Crippen molar-refractivity contribution in [3.8, 4) is 11.8 Å². The predicted octanol–water partition coefficient (Wildman–Crippen LogP) is 5.29. The highest BCUT2D eigenvalue weighted by Crippen LogP contribution is 2.24. The molecule has 0 aliphatic carbocycles. The molecule has 0 saturated carbocycles. The largest absolute Gasteiger partial charge is 0.493 e. The van der Waals surface area contributed by atoms with Crippen LogP contribution in [0, 0.1) is 11.3 Å². The number of ether oxygens (including phenoxy) is 1. The maximum atomic E-state index is 13.0. The van der Waals surface area contributed by atoms with Crippen LogP contribution in [0.25, 0.3) is 6.08 Å². The van der Waals surface area contributed by atoms with Gasteiger partial charge in [-0.15, -0.1) is 0 Å². The summed E-state index contributed by atoms with van der Waals surface area (Å²) >= 11 is 0. The summed E-state index contributed by atoms with van der Waals surface area (Å²) in [5.74, 6) is 0.225. The van der Waals surface area contributed by atoms with Gasteiger partial charge in [0.1, 0.15) is 17.4 Å². The minimum atomic E-state index is -0.430. The van der Waals surface area contributed by atoms with Crippen LogP contribution in [-0.2, 0) is 4.79 Å². The van der Waals surface area contributed by atoms with Gasteiger partial charge in [-0.05, 0) is 29.7 Å². The summed E-state index contributed by atoms with van der Waals surface area (Å²) < 4.78 is 5.75. The number of carbonyl (C=O) groups is 1. The zero-order valence-corrected chi connectivity index (χ0v) is 16.9. The van der Waals surface area contributed by atoms with Crippen molar-refractivity contribution in [3.63, 3.8) is 0 Å². The van der Waals surface area contributed by atoms with Gasteiger partial charge in [-0.3, -0.25) is 4.79 Å². The Bertz CT molecular complexity index is 998. The van der Waals surface area contributed by atoms with Gasteiger partial charge in [0, 0.05) is 5.56 Å². The minimum Gasteiger partial charge on any atom is -0.493 e. The number of para-hydroxylation sites is 1. The smallest absolute Gasteiger partial charge is 0.262 e. The fourth-order valence-corrected chi connectivity index (χ4v) is 3.11. The summed E-state index contributed by atoms with van der Waals surface area (Å²) in [5, 5.41) is 12.7. The second-order valence-corrected chi connectivity index (χ2v) is 6.78. The lowest BCUT2D eigenvalue weighted by Gasteiger charge is -2.19. The first-order valence-corrected chi connectivity index (χ1v) is 9.97. The molecular weight excluding hydrogens is 372 g/mol. The molecule has 3 aromatic carbocycles. The zero-order valence-electron chi connectivity index (χ0n) is 16.9. The van der Waals surface area contributed by atoms with Gasteiger partial charge < -0.3 is 10.1 Å². The molecule has 0 fully saturated rings. The molecule has 0 aliphatic heterocycles. The Morgan fingerprint density at radius 3 is 2.10 bits per heavy atom. The van der Waals surface area contributed by atoms with Crippen molar-refractivity contribution in [1.29, 1.82) is 5.26 Å². The van der Waals surface area contributed by atoms with Crippen molar-refractivity contribution in [2.45, 2.75) is 19.4 Å². The van der Waals surface area contributed by atoms with E-state index in [4.69, 9.17) is 4.74 Å². The Balaban J connectivity index is 1.90. The van der Waals surface area contributed by atoms with E-state index in [9.17, 15) is 10.1 Å². The van der Waals surface area contributed by atoms with E-state index in [1.165, 1.54) is 0 Å². The molecule has 0 unspecified atom stereocenters. The van der Waals surface area contributed by atoms with Gasteiger partial charge in [-0.25, -0.2) is 0 Å². The number of nitrogens with zero attached hydrogens (tertiary/aromatic N) is 1. The van der Waals surface area contributed by atoms with Gasteiger partial charge in [-0.1, -0.05) is 85.8 Å². The van der Waals surface area contributed by atoms with E-state index in [1.54, 1.807) is 6.08 Å². The summed E-state index contributed by atoms with van der Waals surface area (Å²) in [7, 11) is 0. The van der Waals surface area contributed by atoms with Gasteiger partial charge in [-0.2, -0.15) is 5.26 Å². The van der Waals surface area contributed by atoms with Gasteiger partial charge in [0.15, 0.2) is 0 Å². The van der Waals surface area contributed by atoms with Crippen LogP contribution in [0.5, 0.6) is 5.75 Å². The molecule has 4 nitrogen and oxygen atoms in total. The lowest BCUT2D eigenvalue weighted by atomic mass is 9.98. The number of hydrogen-bond donors (Lipinski definition) is 1. The van der Waals surface area contributed by atoms with Gasteiger partial charge >= 0.3 is 0 Å². The number of nitrogens with one attached hydrogen (secondary N) is 1. The molecule has 0 atom stereocenters. The van der Waals surface area contributed by atoms with Crippen LogP contribution < -0.4 is 10.1 Å². The lowest BCUT2D eigenvalue weighted by Crippen LogP contribution is -2.30. The van der Waals surface area contributed by atoms with Crippen molar-refractivity contribution in [3.05, 3.63) is 107 Å². The topological polar surface area (TPSA) is 62.1 Å². The molecule has 0 spiro atoms. The van der Waals surface area contributed by atoms with E-state index >= 15 is 0 Å². The highest BCUT2D eigenvalue weighted by Gasteiger charge is 2.19. The molecule has 0 aromatic heterocycles. The molecule has 0 bridgehead atoms. The average Bonchev–Trinajstić information content (AvgIpc) is 2.81. The van der Waals surface area contributed by atoms with Crippen LogP contribution in [0.3, 0.4) is 0 Å². The highest BCUT2D eigenvalue weighted by atomic mass is 16.5. The molecule has 30 heavy (non-hydrogen) atoms. The molecule has 150 valence electrons. The Morgan fingerprint density at radius 1 is 0.967 bits per heavy atom. The van der Waals surface area contributed by atoms with Crippen molar-refractivity contribution < 1.29 is 9.53 Å². The summed E-state index contributed by atoms with van der Waals surface area (Å²) in [6.45, 7) is 2.60. The molecule has 4 heteroatoms. The average molecular weight is 396 g/mol. The third-order valence-electron chi connectivity index (χ3n) is 4.59. The van der Waals surface area contributed by atoms with Crippen LogP contribution in [0.1, 0.15) is 36.1 Å². The number of amides is 1. The van der Waals surface area contributed by atoms with Crippen molar-refractivity contribution in [2.24, 2.45) is 0 Å². The standard InChI is InChI=1S/C26H24N2O2/c1-2-17-30-24-16-10-9-15-22(24)18-23(19-27)26(29)28-25(20-11-5-3-6-12-20)21-13-7-4-8-14-21/h3-16,18,25H,2,17H2,1H3,(H,28,29)/b23-18+. The van der Waals surface area contributed by atoms with Crippen molar-refractivity contribution in [1.82, 2.24) is 5.32 Å². The lowest BCUT2D eigenvalue weighted by molar-refractivity contribution is -0.117. The van der Waals surface area contributed by atoms with E-state index in [-0.39, 0.29) is 11.6 Å². The number of benzene rings is 3. The molecular formula is C26H24N2O2. The van der Waals surface area contributed by atoms with Crippen LogP contribution in [0.4, 0.5) is 0 Å². The van der Waals surface area contributed by atoms with Crippen LogP contribution in [0.15, 0.2) is 90.5 Å². The molecule has 0 aliphatic rings. The Labute approximate surface area is 177 Å². The molecule has 1 N–H and O–H groups in total. The second kappa shape index (κ2) is 10.6. The van der Waals surface area contributed by atoms with Crippen molar-refractivity contribution in [2.75, 3.05) is 6.61 Å². The summed E-state index contributed by atoms with van der Waals surface area (Å²) in [5.41, 5.74) is 2.62. The number of hydrogen-bond acceptors (Lipinski definition) is 3. The van der Waals surface area contributed by atoms with Crippen molar-refractivity contribution >= 4 is 12.0 Å². The number of carbonyl (C=O) groups excluding carboxylic acids is 1. The molecule has 0 radical (unpaired) electrons. The van der Waals surface area contributed by atoms with Crippen LogP contribution in [0.2, 0.25) is 0 Å². The first-order chi connectivity index (χ1) is 14.7. The van der Waals surface area contributed by atoms with E-state index in [2.05, 4.69) is 5.32 Å². The molecule has 1 amide bonds. The van der Waals surface area contributed by atoms with Gasteiger partial charge in [0.05, 0.1) is 12.6 Å². The molecule has 0 saturated heterocycles. The first kappa shape index (κ1) is 20.9. The monoisotopic (exact) mass is 396 g/mol. The molecule has 3 aromatic rings. The molecule has 3 rings (SSSR count). The summed E-state index contributed by atoms with van der Waals surface area (Å²) in [6, 6.07) is 28.5.